The van der Waals surface area contributed by atoms with Crippen molar-refractivity contribution in [2.75, 3.05) is 18.1 Å². The third-order valence-corrected chi connectivity index (χ3v) is 2.89. The molecule has 1 heterocycles. The van der Waals surface area contributed by atoms with Crippen LogP contribution in [0.5, 0.6) is 0 Å². The SMILES string of the molecule is Cc1ccc(N2C(=O)CCCN2CC=O)cc1. The molecule has 0 spiro atoms. The van der Waals surface area contributed by atoms with E-state index in [2.05, 4.69) is 0 Å². The molecule has 1 aliphatic rings. The highest BCUT2D eigenvalue weighted by molar-refractivity contribution is 5.93. The fourth-order valence-corrected chi connectivity index (χ4v) is 2.03. The molecule has 0 bridgehead atoms. The van der Waals surface area contributed by atoms with Crippen molar-refractivity contribution in [2.24, 2.45) is 0 Å². The minimum absolute atomic E-state index is 0.0574. The van der Waals surface area contributed by atoms with E-state index in [1.165, 1.54) is 0 Å². The summed E-state index contributed by atoms with van der Waals surface area (Å²) in [6.45, 7) is 3.02. The van der Waals surface area contributed by atoms with Crippen molar-refractivity contribution in [3.63, 3.8) is 0 Å². The molecule has 1 amide bonds. The zero-order valence-corrected chi connectivity index (χ0v) is 9.93. The molecule has 0 atom stereocenters. The van der Waals surface area contributed by atoms with Crippen LogP contribution < -0.4 is 5.01 Å². The summed E-state index contributed by atoms with van der Waals surface area (Å²) >= 11 is 0. The molecule has 0 saturated carbocycles. The third-order valence-electron chi connectivity index (χ3n) is 2.89. The van der Waals surface area contributed by atoms with Crippen LogP contribution in [0.25, 0.3) is 0 Å². The highest BCUT2D eigenvalue weighted by Crippen LogP contribution is 2.22. The molecular weight excluding hydrogens is 216 g/mol. The number of anilines is 1. The fraction of sp³-hybridized carbons (Fsp3) is 0.385. The Balaban J connectivity index is 2.27. The molecule has 0 aromatic heterocycles. The number of benzene rings is 1. The first-order chi connectivity index (χ1) is 8.22. The lowest BCUT2D eigenvalue weighted by atomic mass is 10.2. The average Bonchev–Trinajstić information content (AvgIpc) is 2.32. The van der Waals surface area contributed by atoms with Crippen molar-refractivity contribution < 1.29 is 9.59 Å². The van der Waals surface area contributed by atoms with Crippen LogP contribution in [0.2, 0.25) is 0 Å². The van der Waals surface area contributed by atoms with E-state index in [4.69, 9.17) is 0 Å². The average molecular weight is 232 g/mol. The molecule has 1 aliphatic heterocycles. The Morgan fingerprint density at radius 1 is 1.29 bits per heavy atom. The lowest BCUT2D eigenvalue weighted by Crippen LogP contribution is -2.51. The Hall–Kier alpha value is -1.68. The monoisotopic (exact) mass is 232 g/mol. The number of hydrogen-bond acceptors (Lipinski definition) is 3. The van der Waals surface area contributed by atoms with Gasteiger partial charge in [0.25, 0.3) is 0 Å². The quantitative estimate of drug-likeness (QED) is 0.742. The van der Waals surface area contributed by atoms with Gasteiger partial charge in [-0.1, -0.05) is 17.7 Å². The van der Waals surface area contributed by atoms with Crippen LogP contribution in [-0.2, 0) is 9.59 Å². The second-order valence-electron chi connectivity index (χ2n) is 4.22. The van der Waals surface area contributed by atoms with Gasteiger partial charge in [0, 0.05) is 13.0 Å². The van der Waals surface area contributed by atoms with E-state index in [1.54, 1.807) is 10.0 Å². The van der Waals surface area contributed by atoms with Gasteiger partial charge in [-0.2, -0.15) is 0 Å². The molecule has 1 aromatic carbocycles. The Morgan fingerprint density at radius 3 is 2.65 bits per heavy atom. The Labute approximate surface area is 101 Å². The molecule has 4 nitrogen and oxygen atoms in total. The summed E-state index contributed by atoms with van der Waals surface area (Å²) in [5.41, 5.74) is 1.99. The van der Waals surface area contributed by atoms with Crippen LogP contribution in [0.3, 0.4) is 0 Å². The Morgan fingerprint density at radius 2 is 2.00 bits per heavy atom. The van der Waals surface area contributed by atoms with E-state index in [0.717, 1.165) is 30.5 Å². The van der Waals surface area contributed by atoms with Crippen molar-refractivity contribution in [1.82, 2.24) is 5.01 Å². The smallest absolute Gasteiger partial charge is 0.241 e. The van der Waals surface area contributed by atoms with Gasteiger partial charge in [0.2, 0.25) is 5.91 Å². The van der Waals surface area contributed by atoms with Crippen LogP contribution in [-0.4, -0.2) is 30.3 Å². The minimum atomic E-state index is 0.0574. The number of aldehydes is 1. The summed E-state index contributed by atoms with van der Waals surface area (Å²) in [6.07, 6.45) is 2.19. The normalized spacial score (nSPS) is 17.2. The lowest BCUT2D eigenvalue weighted by Gasteiger charge is -2.37. The number of aryl methyl sites for hydroxylation is 1. The second-order valence-corrected chi connectivity index (χ2v) is 4.22. The third kappa shape index (κ3) is 2.53. The molecule has 0 unspecified atom stereocenters. The molecule has 0 aliphatic carbocycles. The molecule has 0 N–H and O–H groups in total. The number of hydrogen-bond donors (Lipinski definition) is 0. The van der Waals surface area contributed by atoms with Crippen LogP contribution in [0, 0.1) is 6.92 Å². The highest BCUT2D eigenvalue weighted by Gasteiger charge is 2.26. The second kappa shape index (κ2) is 5.10. The summed E-state index contributed by atoms with van der Waals surface area (Å²) in [6, 6.07) is 7.76. The number of rotatable bonds is 3. The Kier molecular flexibility index (Phi) is 3.54. The first-order valence-corrected chi connectivity index (χ1v) is 5.80. The zero-order chi connectivity index (χ0) is 12.3. The van der Waals surface area contributed by atoms with E-state index < -0.39 is 0 Å². The van der Waals surface area contributed by atoms with Crippen LogP contribution in [0.1, 0.15) is 18.4 Å². The van der Waals surface area contributed by atoms with Crippen molar-refractivity contribution in [1.29, 1.82) is 0 Å². The summed E-state index contributed by atoms with van der Waals surface area (Å²) in [7, 11) is 0. The Bertz CT molecular complexity index is 414. The van der Waals surface area contributed by atoms with E-state index >= 15 is 0 Å². The van der Waals surface area contributed by atoms with E-state index in [0.29, 0.717) is 6.42 Å². The van der Waals surface area contributed by atoms with Crippen molar-refractivity contribution in [2.45, 2.75) is 19.8 Å². The van der Waals surface area contributed by atoms with Gasteiger partial charge in [0.05, 0.1) is 12.2 Å². The van der Waals surface area contributed by atoms with Gasteiger partial charge in [-0.3, -0.25) is 4.79 Å². The maximum Gasteiger partial charge on any atom is 0.241 e. The first-order valence-electron chi connectivity index (χ1n) is 5.80. The van der Waals surface area contributed by atoms with Gasteiger partial charge in [0.15, 0.2) is 0 Å². The minimum Gasteiger partial charge on any atom is -0.302 e. The summed E-state index contributed by atoms with van der Waals surface area (Å²) in [5, 5.41) is 3.42. The maximum absolute atomic E-state index is 11.9. The van der Waals surface area contributed by atoms with Gasteiger partial charge in [-0.05, 0) is 25.5 Å². The van der Waals surface area contributed by atoms with Crippen LogP contribution in [0.4, 0.5) is 5.69 Å². The molecule has 90 valence electrons. The van der Waals surface area contributed by atoms with Crippen molar-refractivity contribution in [3.8, 4) is 0 Å². The molecule has 1 saturated heterocycles. The first kappa shape index (κ1) is 11.8. The number of amides is 1. The highest BCUT2D eigenvalue weighted by atomic mass is 16.2. The topological polar surface area (TPSA) is 40.6 Å². The summed E-state index contributed by atoms with van der Waals surface area (Å²) < 4.78 is 0. The van der Waals surface area contributed by atoms with Crippen molar-refractivity contribution in [3.05, 3.63) is 29.8 Å². The molecular formula is C13H16N2O2. The number of nitrogens with zero attached hydrogens (tertiary/aromatic N) is 2. The van der Waals surface area contributed by atoms with E-state index in [9.17, 15) is 9.59 Å². The number of carbonyl (C=O) groups is 2. The van der Waals surface area contributed by atoms with Gasteiger partial charge < -0.3 is 4.79 Å². The standard InChI is InChI=1S/C13H16N2O2/c1-11-4-6-12(7-5-11)15-13(17)3-2-8-14(15)9-10-16/h4-7,10H,2-3,8-9H2,1H3. The molecule has 17 heavy (non-hydrogen) atoms. The van der Waals surface area contributed by atoms with Gasteiger partial charge in [0.1, 0.15) is 6.29 Å². The molecule has 2 rings (SSSR count). The maximum atomic E-state index is 11.9. The van der Waals surface area contributed by atoms with Crippen LogP contribution in [0.15, 0.2) is 24.3 Å². The predicted molar refractivity (Wildman–Crippen MR) is 65.5 cm³/mol. The van der Waals surface area contributed by atoms with Gasteiger partial charge in [-0.15, -0.1) is 0 Å². The molecule has 1 aromatic rings. The van der Waals surface area contributed by atoms with Crippen molar-refractivity contribution >= 4 is 17.9 Å². The zero-order valence-electron chi connectivity index (χ0n) is 9.93. The van der Waals surface area contributed by atoms with Gasteiger partial charge >= 0.3 is 0 Å². The largest absolute Gasteiger partial charge is 0.302 e. The summed E-state index contributed by atoms with van der Waals surface area (Å²) in [5.74, 6) is 0.0574. The number of carbonyl (C=O) groups excluding carboxylic acids is 2. The number of hydrazine groups is 1. The molecule has 1 fully saturated rings. The molecule has 0 radical (unpaired) electrons. The van der Waals surface area contributed by atoms with E-state index in [1.807, 2.05) is 31.2 Å². The summed E-state index contributed by atoms with van der Waals surface area (Å²) in [4.78, 5) is 22.6. The lowest BCUT2D eigenvalue weighted by molar-refractivity contribution is -0.124. The van der Waals surface area contributed by atoms with Crippen LogP contribution >= 0.6 is 0 Å². The van der Waals surface area contributed by atoms with Gasteiger partial charge in [-0.25, -0.2) is 10.0 Å². The fourth-order valence-electron chi connectivity index (χ4n) is 2.03. The molecule has 4 heteroatoms. The predicted octanol–water partition coefficient (Wildman–Crippen LogP) is 1.54. The van der Waals surface area contributed by atoms with E-state index in [-0.39, 0.29) is 12.5 Å².